The van der Waals surface area contributed by atoms with Gasteiger partial charge in [0.1, 0.15) is 11.3 Å². The van der Waals surface area contributed by atoms with Crippen molar-refractivity contribution in [3.05, 3.63) is 30.6 Å². The van der Waals surface area contributed by atoms with Gasteiger partial charge in [0.2, 0.25) is 0 Å². The minimum atomic E-state index is -0.431. The molecular weight excluding hydrogens is 282 g/mol. The summed E-state index contributed by atoms with van der Waals surface area (Å²) >= 11 is 0. The maximum atomic E-state index is 12.0. The Morgan fingerprint density at radius 2 is 2.18 bits per heavy atom. The highest BCUT2D eigenvalue weighted by atomic mass is 16.5. The number of hydrogen-bond donors (Lipinski definition) is 0. The lowest BCUT2D eigenvalue weighted by Crippen LogP contribution is -2.09. The molecule has 0 N–H and O–H groups in total. The van der Waals surface area contributed by atoms with E-state index in [0.29, 0.717) is 30.2 Å². The van der Waals surface area contributed by atoms with Crippen molar-refractivity contribution in [2.75, 3.05) is 13.2 Å². The van der Waals surface area contributed by atoms with Gasteiger partial charge in [-0.1, -0.05) is 6.08 Å². The molecule has 0 unspecified atom stereocenters. The molecule has 0 aliphatic carbocycles. The predicted octanol–water partition coefficient (Wildman–Crippen LogP) is 2.97. The van der Waals surface area contributed by atoms with E-state index in [2.05, 4.69) is 16.7 Å². The van der Waals surface area contributed by atoms with Crippen molar-refractivity contribution in [2.45, 2.75) is 33.2 Å². The molecule has 0 aliphatic rings. The number of rotatable bonds is 8. The number of nitrogens with zero attached hydrogens (tertiary/aromatic N) is 3. The van der Waals surface area contributed by atoms with Gasteiger partial charge in [0.05, 0.1) is 24.8 Å². The van der Waals surface area contributed by atoms with Crippen LogP contribution in [0.5, 0.6) is 5.75 Å². The number of carbonyl (C=O) groups is 1. The zero-order valence-corrected chi connectivity index (χ0v) is 13.0. The molecule has 0 bridgehead atoms. The van der Waals surface area contributed by atoms with E-state index in [0.717, 1.165) is 24.8 Å². The van der Waals surface area contributed by atoms with Crippen molar-refractivity contribution >= 4 is 17.0 Å². The second-order valence-electron chi connectivity index (χ2n) is 4.69. The second-order valence-corrected chi connectivity index (χ2v) is 4.69. The minimum absolute atomic E-state index is 0.309. The summed E-state index contributed by atoms with van der Waals surface area (Å²) in [6.45, 7) is 8.85. The first-order chi connectivity index (χ1) is 10.7. The van der Waals surface area contributed by atoms with Crippen molar-refractivity contribution < 1.29 is 14.3 Å². The minimum Gasteiger partial charge on any atom is -0.492 e. The Kier molecular flexibility index (Phi) is 5.52. The van der Waals surface area contributed by atoms with Crippen LogP contribution in [0.1, 0.15) is 37.0 Å². The standard InChI is InChI=1S/C16H21N3O3/c1-4-7-8-9-19-15-12(11-18-19)14(21-5-2)13(10-17-15)16(20)22-6-3/h4,10-11H,1,5-9H2,2-3H3. The van der Waals surface area contributed by atoms with E-state index in [1.165, 1.54) is 6.20 Å². The van der Waals surface area contributed by atoms with Crippen LogP contribution < -0.4 is 4.74 Å². The molecule has 6 nitrogen and oxygen atoms in total. The van der Waals surface area contributed by atoms with E-state index < -0.39 is 5.97 Å². The summed E-state index contributed by atoms with van der Waals surface area (Å²) in [4.78, 5) is 16.4. The fraction of sp³-hybridized carbons (Fsp3) is 0.438. The number of aryl methyl sites for hydroxylation is 1. The first kappa shape index (κ1) is 16.0. The Morgan fingerprint density at radius 3 is 2.86 bits per heavy atom. The molecule has 0 saturated heterocycles. The van der Waals surface area contributed by atoms with Crippen LogP contribution in [-0.4, -0.2) is 33.9 Å². The summed E-state index contributed by atoms with van der Waals surface area (Å²) in [6.07, 6.45) is 6.91. The van der Waals surface area contributed by atoms with Gasteiger partial charge >= 0.3 is 5.97 Å². The summed E-state index contributed by atoms with van der Waals surface area (Å²) in [5, 5.41) is 5.07. The molecule has 2 aromatic rings. The van der Waals surface area contributed by atoms with Gasteiger partial charge in [-0.25, -0.2) is 14.5 Å². The van der Waals surface area contributed by atoms with Crippen molar-refractivity contribution in [3.63, 3.8) is 0 Å². The number of allylic oxidation sites excluding steroid dienone is 1. The van der Waals surface area contributed by atoms with E-state index in [4.69, 9.17) is 9.47 Å². The Balaban J connectivity index is 2.41. The second kappa shape index (κ2) is 7.59. The molecule has 0 amide bonds. The van der Waals surface area contributed by atoms with Gasteiger partial charge in [-0.05, 0) is 26.7 Å². The third-order valence-electron chi connectivity index (χ3n) is 3.18. The van der Waals surface area contributed by atoms with E-state index in [1.807, 2.05) is 17.7 Å². The van der Waals surface area contributed by atoms with Crippen LogP contribution in [0.15, 0.2) is 25.0 Å². The quantitative estimate of drug-likeness (QED) is 0.426. The summed E-state index contributed by atoms with van der Waals surface area (Å²) < 4.78 is 12.5. The predicted molar refractivity (Wildman–Crippen MR) is 84.1 cm³/mol. The summed E-state index contributed by atoms with van der Waals surface area (Å²) in [6, 6.07) is 0. The third-order valence-corrected chi connectivity index (χ3v) is 3.18. The van der Waals surface area contributed by atoms with Crippen LogP contribution in [0.2, 0.25) is 0 Å². The first-order valence-electron chi connectivity index (χ1n) is 7.48. The van der Waals surface area contributed by atoms with Gasteiger partial charge < -0.3 is 9.47 Å². The highest BCUT2D eigenvalue weighted by Crippen LogP contribution is 2.29. The molecule has 0 aromatic carbocycles. The van der Waals surface area contributed by atoms with Crippen molar-refractivity contribution in [2.24, 2.45) is 0 Å². The average molecular weight is 303 g/mol. The van der Waals surface area contributed by atoms with Crippen LogP contribution in [0, 0.1) is 0 Å². The number of ether oxygens (including phenoxy) is 2. The molecule has 22 heavy (non-hydrogen) atoms. The summed E-state index contributed by atoms with van der Waals surface area (Å²) in [7, 11) is 0. The van der Waals surface area contributed by atoms with Gasteiger partial charge in [-0.2, -0.15) is 5.10 Å². The maximum absolute atomic E-state index is 12.0. The number of unbranched alkanes of at least 4 members (excludes halogenated alkanes) is 1. The average Bonchev–Trinajstić information content (AvgIpc) is 2.92. The molecule has 0 aliphatic heterocycles. The smallest absolute Gasteiger partial charge is 0.343 e. The Hall–Kier alpha value is -2.37. The summed E-state index contributed by atoms with van der Waals surface area (Å²) in [5.41, 5.74) is 1.04. The number of fused-ring (bicyclic) bond motifs is 1. The van der Waals surface area contributed by atoms with Crippen LogP contribution in [0.3, 0.4) is 0 Å². The van der Waals surface area contributed by atoms with E-state index in [9.17, 15) is 4.79 Å². The van der Waals surface area contributed by atoms with Crippen molar-refractivity contribution in [1.29, 1.82) is 0 Å². The van der Waals surface area contributed by atoms with E-state index in [-0.39, 0.29) is 0 Å². The normalized spacial score (nSPS) is 10.6. The van der Waals surface area contributed by atoms with Gasteiger partial charge in [0.25, 0.3) is 0 Å². The molecule has 0 radical (unpaired) electrons. The SMILES string of the molecule is C=CCCCn1ncc2c(OCC)c(C(=O)OCC)cnc21. The maximum Gasteiger partial charge on any atom is 0.343 e. The third kappa shape index (κ3) is 3.27. The fourth-order valence-electron chi connectivity index (χ4n) is 2.21. The largest absolute Gasteiger partial charge is 0.492 e. The van der Waals surface area contributed by atoms with Crippen LogP contribution in [-0.2, 0) is 11.3 Å². The molecule has 2 aromatic heterocycles. The van der Waals surface area contributed by atoms with Gasteiger partial charge in [0, 0.05) is 12.7 Å². The Bertz CT molecular complexity index is 664. The lowest BCUT2D eigenvalue weighted by molar-refractivity contribution is 0.0522. The number of hydrogen-bond acceptors (Lipinski definition) is 5. The molecule has 118 valence electrons. The van der Waals surface area contributed by atoms with Gasteiger partial charge in [0.15, 0.2) is 5.65 Å². The van der Waals surface area contributed by atoms with Crippen LogP contribution in [0.4, 0.5) is 0 Å². The summed E-state index contributed by atoms with van der Waals surface area (Å²) in [5.74, 6) is 0.0562. The van der Waals surface area contributed by atoms with E-state index >= 15 is 0 Å². The molecule has 2 rings (SSSR count). The molecule has 6 heteroatoms. The Morgan fingerprint density at radius 1 is 1.36 bits per heavy atom. The topological polar surface area (TPSA) is 66.2 Å². The van der Waals surface area contributed by atoms with Crippen LogP contribution >= 0.6 is 0 Å². The number of carbonyl (C=O) groups excluding carboxylic acids is 1. The molecule has 2 heterocycles. The monoisotopic (exact) mass is 303 g/mol. The lowest BCUT2D eigenvalue weighted by atomic mass is 10.2. The fourth-order valence-corrected chi connectivity index (χ4v) is 2.21. The lowest BCUT2D eigenvalue weighted by Gasteiger charge is -2.10. The van der Waals surface area contributed by atoms with Crippen LogP contribution in [0.25, 0.3) is 11.0 Å². The molecule has 0 atom stereocenters. The number of aromatic nitrogens is 3. The first-order valence-corrected chi connectivity index (χ1v) is 7.48. The zero-order valence-electron chi connectivity index (χ0n) is 13.0. The number of esters is 1. The van der Waals surface area contributed by atoms with Gasteiger partial charge in [-0.15, -0.1) is 6.58 Å². The van der Waals surface area contributed by atoms with Gasteiger partial charge in [-0.3, -0.25) is 0 Å². The number of pyridine rings is 1. The molecule has 0 saturated carbocycles. The molecule has 0 spiro atoms. The Labute approximate surface area is 129 Å². The highest BCUT2D eigenvalue weighted by Gasteiger charge is 2.20. The van der Waals surface area contributed by atoms with E-state index in [1.54, 1.807) is 13.1 Å². The highest BCUT2D eigenvalue weighted by molar-refractivity contribution is 5.98. The van der Waals surface area contributed by atoms with Crippen molar-refractivity contribution in [1.82, 2.24) is 14.8 Å². The molecular formula is C16H21N3O3. The van der Waals surface area contributed by atoms with Crippen molar-refractivity contribution in [3.8, 4) is 5.75 Å². The molecule has 0 fully saturated rings. The zero-order chi connectivity index (χ0) is 15.9.